The minimum Gasteiger partial charge on any atom is -0.356 e. The third-order valence-electron chi connectivity index (χ3n) is 3.79. The van der Waals surface area contributed by atoms with Gasteiger partial charge in [-0.3, -0.25) is 9.79 Å². The van der Waals surface area contributed by atoms with Crippen LogP contribution >= 0.6 is 24.0 Å². The number of carbonyl (C=O) groups is 1. The number of rotatable bonds is 6. The number of halogens is 1. The van der Waals surface area contributed by atoms with Gasteiger partial charge in [0.2, 0.25) is 5.91 Å². The van der Waals surface area contributed by atoms with Crippen molar-refractivity contribution >= 4 is 35.8 Å². The Bertz CT molecular complexity index is 567. The second-order valence-corrected chi connectivity index (χ2v) is 7.20. The van der Waals surface area contributed by atoms with Crippen molar-refractivity contribution in [3.05, 3.63) is 35.4 Å². The highest BCUT2D eigenvalue weighted by atomic mass is 127. The molecule has 0 radical (unpaired) electrons. The van der Waals surface area contributed by atoms with Gasteiger partial charge in [0, 0.05) is 32.1 Å². The molecular weight excluding hydrogens is 427 g/mol. The molecule has 5 nitrogen and oxygen atoms in total. The molecule has 0 bridgehead atoms. The molecule has 3 N–H and O–H groups in total. The smallest absolute Gasteiger partial charge is 0.225 e. The Morgan fingerprint density at radius 3 is 2.36 bits per heavy atom. The molecule has 0 aromatic heterocycles. The molecule has 1 atom stereocenters. The summed E-state index contributed by atoms with van der Waals surface area (Å²) in [4.78, 5) is 16.0. The fraction of sp³-hybridized carbons (Fsp3) is 0.579. The van der Waals surface area contributed by atoms with Gasteiger partial charge in [0.25, 0.3) is 0 Å². The third-order valence-corrected chi connectivity index (χ3v) is 3.79. The molecule has 1 amide bonds. The van der Waals surface area contributed by atoms with E-state index in [9.17, 15) is 4.79 Å². The van der Waals surface area contributed by atoms with Crippen LogP contribution in [0.3, 0.4) is 0 Å². The summed E-state index contributed by atoms with van der Waals surface area (Å²) in [5.74, 6) is 1.20. The summed E-state index contributed by atoms with van der Waals surface area (Å²) in [6.45, 7) is 12.0. The second-order valence-electron chi connectivity index (χ2n) is 7.20. The molecule has 1 rings (SSSR count). The van der Waals surface area contributed by atoms with Gasteiger partial charge in [0.1, 0.15) is 0 Å². The minimum atomic E-state index is -0.358. The zero-order valence-electron chi connectivity index (χ0n) is 16.3. The molecular formula is C19H33IN4O. The van der Waals surface area contributed by atoms with Gasteiger partial charge in [0.05, 0.1) is 0 Å². The highest BCUT2D eigenvalue weighted by Gasteiger charge is 2.20. The van der Waals surface area contributed by atoms with E-state index < -0.39 is 0 Å². The minimum absolute atomic E-state index is 0. The first-order valence-electron chi connectivity index (χ1n) is 8.53. The SMILES string of the molecule is CN=C(NCCNC(=O)C(C)(C)C)NCC(C)c1cccc(C)c1.I. The highest BCUT2D eigenvalue weighted by Crippen LogP contribution is 2.15. The Balaban J connectivity index is 0.00000576. The first-order valence-corrected chi connectivity index (χ1v) is 8.53. The zero-order chi connectivity index (χ0) is 18.2. The van der Waals surface area contributed by atoms with Crippen LogP contribution in [0.4, 0.5) is 0 Å². The topological polar surface area (TPSA) is 65.5 Å². The Hall–Kier alpha value is -1.31. The second kappa shape index (κ2) is 11.3. The van der Waals surface area contributed by atoms with Crippen LogP contribution in [-0.4, -0.2) is 38.5 Å². The number of carbonyl (C=O) groups excluding carboxylic acids is 1. The van der Waals surface area contributed by atoms with E-state index in [1.54, 1.807) is 7.05 Å². The monoisotopic (exact) mass is 460 g/mol. The van der Waals surface area contributed by atoms with Crippen molar-refractivity contribution in [2.75, 3.05) is 26.7 Å². The van der Waals surface area contributed by atoms with Gasteiger partial charge in [0.15, 0.2) is 5.96 Å². The Kier molecular flexibility index (Phi) is 10.7. The van der Waals surface area contributed by atoms with Gasteiger partial charge in [-0.1, -0.05) is 57.5 Å². The molecule has 1 unspecified atom stereocenters. The maximum Gasteiger partial charge on any atom is 0.225 e. The molecule has 6 heteroatoms. The molecule has 1 aromatic carbocycles. The van der Waals surface area contributed by atoms with Crippen molar-refractivity contribution in [3.8, 4) is 0 Å². The van der Waals surface area contributed by atoms with Crippen molar-refractivity contribution < 1.29 is 4.79 Å². The lowest BCUT2D eigenvalue weighted by atomic mass is 9.96. The van der Waals surface area contributed by atoms with Crippen LogP contribution in [-0.2, 0) is 4.79 Å². The van der Waals surface area contributed by atoms with Gasteiger partial charge in [-0.15, -0.1) is 24.0 Å². The number of hydrogen-bond donors (Lipinski definition) is 3. The first kappa shape index (κ1) is 23.7. The fourth-order valence-electron chi connectivity index (χ4n) is 2.19. The normalized spacial score (nSPS) is 12.8. The van der Waals surface area contributed by atoms with Crippen LogP contribution in [0.25, 0.3) is 0 Å². The summed E-state index contributed by atoms with van der Waals surface area (Å²) in [5, 5.41) is 9.47. The average molecular weight is 460 g/mol. The number of nitrogens with one attached hydrogen (secondary N) is 3. The van der Waals surface area contributed by atoms with Crippen LogP contribution in [0.5, 0.6) is 0 Å². The van der Waals surface area contributed by atoms with Crippen LogP contribution in [0.1, 0.15) is 44.7 Å². The van der Waals surface area contributed by atoms with Crippen LogP contribution in [0, 0.1) is 12.3 Å². The summed E-state index contributed by atoms with van der Waals surface area (Å²) in [6, 6.07) is 8.56. The molecule has 0 saturated carbocycles. The van der Waals surface area contributed by atoms with E-state index in [1.807, 2.05) is 20.8 Å². The number of aliphatic imine (C=N–C) groups is 1. The lowest BCUT2D eigenvalue weighted by Gasteiger charge is -2.19. The van der Waals surface area contributed by atoms with E-state index in [2.05, 4.69) is 59.1 Å². The van der Waals surface area contributed by atoms with Gasteiger partial charge >= 0.3 is 0 Å². The van der Waals surface area contributed by atoms with Gasteiger partial charge in [-0.2, -0.15) is 0 Å². The lowest BCUT2D eigenvalue weighted by Crippen LogP contribution is -2.44. The maximum atomic E-state index is 11.8. The van der Waals surface area contributed by atoms with Crippen LogP contribution < -0.4 is 16.0 Å². The molecule has 0 saturated heterocycles. The summed E-state index contributed by atoms with van der Waals surface area (Å²) in [5.41, 5.74) is 2.23. The summed E-state index contributed by atoms with van der Waals surface area (Å²) in [7, 11) is 1.75. The van der Waals surface area contributed by atoms with Crippen molar-refractivity contribution in [1.82, 2.24) is 16.0 Å². The van der Waals surface area contributed by atoms with Gasteiger partial charge < -0.3 is 16.0 Å². The Morgan fingerprint density at radius 2 is 1.80 bits per heavy atom. The number of benzene rings is 1. The fourth-order valence-corrected chi connectivity index (χ4v) is 2.19. The van der Waals surface area contributed by atoms with E-state index in [4.69, 9.17) is 0 Å². The maximum absolute atomic E-state index is 11.8. The van der Waals surface area contributed by atoms with Crippen LogP contribution in [0.15, 0.2) is 29.3 Å². The van der Waals surface area contributed by atoms with Crippen molar-refractivity contribution in [3.63, 3.8) is 0 Å². The number of amides is 1. The molecule has 0 fully saturated rings. The van der Waals surface area contributed by atoms with E-state index in [0.717, 1.165) is 12.5 Å². The Morgan fingerprint density at radius 1 is 1.16 bits per heavy atom. The van der Waals surface area contributed by atoms with Crippen molar-refractivity contribution in [2.24, 2.45) is 10.4 Å². The standard InChI is InChI=1S/C19H32N4O.HI/c1-14-8-7-9-16(12-14)15(2)13-23-18(20-6)22-11-10-21-17(24)19(3,4)5;/h7-9,12,15H,10-11,13H2,1-6H3,(H,21,24)(H2,20,22,23);1H. The number of guanidine groups is 1. The molecule has 0 spiro atoms. The molecule has 0 aliphatic rings. The first-order chi connectivity index (χ1) is 11.2. The number of aryl methyl sites for hydroxylation is 1. The molecule has 0 aliphatic heterocycles. The zero-order valence-corrected chi connectivity index (χ0v) is 18.6. The van der Waals surface area contributed by atoms with Gasteiger partial charge in [-0.25, -0.2) is 0 Å². The average Bonchev–Trinajstić information content (AvgIpc) is 2.52. The molecule has 0 aliphatic carbocycles. The molecule has 1 aromatic rings. The van der Waals surface area contributed by atoms with Crippen molar-refractivity contribution in [2.45, 2.75) is 40.5 Å². The van der Waals surface area contributed by atoms with E-state index >= 15 is 0 Å². The van der Waals surface area contributed by atoms with E-state index in [1.165, 1.54) is 11.1 Å². The van der Waals surface area contributed by atoms with E-state index in [-0.39, 0.29) is 35.3 Å². The predicted octanol–water partition coefficient (Wildman–Crippen LogP) is 3.04. The summed E-state index contributed by atoms with van der Waals surface area (Å²) < 4.78 is 0. The Labute approximate surface area is 169 Å². The highest BCUT2D eigenvalue weighted by molar-refractivity contribution is 14.0. The van der Waals surface area contributed by atoms with Gasteiger partial charge in [-0.05, 0) is 18.4 Å². The lowest BCUT2D eigenvalue weighted by molar-refractivity contribution is -0.128. The largest absolute Gasteiger partial charge is 0.356 e. The summed E-state index contributed by atoms with van der Waals surface area (Å²) in [6.07, 6.45) is 0. The molecule has 0 heterocycles. The van der Waals surface area contributed by atoms with Crippen molar-refractivity contribution in [1.29, 1.82) is 0 Å². The molecule has 25 heavy (non-hydrogen) atoms. The van der Waals surface area contributed by atoms with E-state index in [0.29, 0.717) is 19.0 Å². The molecule has 142 valence electrons. The number of hydrogen-bond acceptors (Lipinski definition) is 2. The predicted molar refractivity (Wildman–Crippen MR) is 117 cm³/mol. The third kappa shape index (κ3) is 9.09. The quantitative estimate of drug-likeness (QED) is 0.265. The number of nitrogens with zero attached hydrogens (tertiary/aromatic N) is 1. The van der Waals surface area contributed by atoms with Crippen LogP contribution in [0.2, 0.25) is 0 Å². The summed E-state index contributed by atoms with van der Waals surface area (Å²) >= 11 is 0.